The van der Waals surface area contributed by atoms with Gasteiger partial charge in [0.25, 0.3) is 0 Å². The number of ether oxygens (including phenoxy) is 1. The number of fused-ring (bicyclic) bond motifs is 4. The number of nitrogens with zero attached hydrogens (tertiary/aromatic N) is 5. The van der Waals surface area contributed by atoms with E-state index in [1.807, 2.05) is 13.3 Å². The average molecular weight is 537 g/mol. The number of nitrogens with one attached hydrogen (secondary N) is 1. The monoisotopic (exact) mass is 536 g/mol. The lowest BCUT2D eigenvalue weighted by Crippen LogP contribution is -2.47. The maximum absolute atomic E-state index is 5.86. The molecule has 0 saturated carbocycles. The van der Waals surface area contributed by atoms with Crippen molar-refractivity contribution in [1.29, 1.82) is 0 Å². The number of aryl methyl sites for hydroxylation is 2. The SMILES string of the molecule is CO[C@H]1C[C@H]2CC[C@@H](C1)N2c1nc(-c2c(C)ccc3[nH]ncc23)nc2c1CN(c1cc(C(C)C)ccc1C)CC2. The second-order valence-electron chi connectivity index (χ2n) is 12.4. The summed E-state index contributed by atoms with van der Waals surface area (Å²) >= 11 is 0. The van der Waals surface area contributed by atoms with E-state index in [1.54, 1.807) is 0 Å². The van der Waals surface area contributed by atoms with Gasteiger partial charge in [0, 0.05) is 60.9 Å². The van der Waals surface area contributed by atoms with Crippen molar-refractivity contribution in [2.45, 2.75) is 90.4 Å². The molecule has 0 spiro atoms. The minimum Gasteiger partial charge on any atom is -0.381 e. The zero-order valence-electron chi connectivity index (χ0n) is 24.4. The summed E-state index contributed by atoms with van der Waals surface area (Å²) in [5.74, 6) is 2.48. The Hall–Kier alpha value is -3.45. The normalized spacial score (nSPS) is 22.4. The lowest BCUT2D eigenvalue weighted by atomic mass is 9.96. The fourth-order valence-corrected chi connectivity index (χ4v) is 7.34. The molecular formula is C33H40N6O. The van der Waals surface area contributed by atoms with Crippen LogP contribution in [0.25, 0.3) is 22.3 Å². The molecule has 3 aliphatic rings. The Morgan fingerprint density at radius 1 is 1.00 bits per heavy atom. The Labute approximate surface area is 237 Å². The number of rotatable bonds is 5. The van der Waals surface area contributed by atoms with Crippen LogP contribution >= 0.6 is 0 Å². The van der Waals surface area contributed by atoms with E-state index in [0.717, 1.165) is 60.5 Å². The van der Waals surface area contributed by atoms with Crippen molar-refractivity contribution in [3.05, 3.63) is 64.5 Å². The minimum atomic E-state index is 0.339. The summed E-state index contributed by atoms with van der Waals surface area (Å²) in [6, 6.07) is 12.1. The van der Waals surface area contributed by atoms with Crippen molar-refractivity contribution in [2.24, 2.45) is 0 Å². The summed E-state index contributed by atoms with van der Waals surface area (Å²) in [5, 5.41) is 8.57. The van der Waals surface area contributed by atoms with Crippen LogP contribution in [0.4, 0.5) is 11.5 Å². The van der Waals surface area contributed by atoms with E-state index >= 15 is 0 Å². The second kappa shape index (κ2) is 9.88. The number of anilines is 2. The number of hydrogen-bond donors (Lipinski definition) is 1. The number of benzene rings is 2. The van der Waals surface area contributed by atoms with E-state index in [9.17, 15) is 0 Å². The summed E-state index contributed by atoms with van der Waals surface area (Å²) < 4.78 is 5.86. The molecule has 2 bridgehead atoms. The number of aromatic amines is 1. The van der Waals surface area contributed by atoms with E-state index < -0.39 is 0 Å². The molecule has 2 aromatic carbocycles. The molecule has 0 amide bonds. The van der Waals surface area contributed by atoms with Crippen LogP contribution in [0.2, 0.25) is 0 Å². The van der Waals surface area contributed by atoms with Crippen LogP contribution in [0, 0.1) is 13.8 Å². The van der Waals surface area contributed by atoms with Crippen LogP contribution in [0.5, 0.6) is 0 Å². The fraction of sp³-hybridized carbons (Fsp3) is 0.485. The van der Waals surface area contributed by atoms with Crippen LogP contribution in [0.1, 0.15) is 73.4 Å². The standard InChI is InChI=1S/C33H40N6O/c1-19(2)22-8-6-20(3)30(14-22)38-13-12-28-27(18-38)33(39-23-9-10-24(39)16-25(15-23)40-5)36-32(35-28)31-21(4)7-11-29-26(31)17-34-37-29/h6-8,11,14,17,19,23-25H,9-10,12-13,15-16,18H2,1-5H3,(H,34,37)/t23-,24+,25+. The zero-order chi connectivity index (χ0) is 27.5. The molecule has 3 aliphatic heterocycles. The first-order valence-electron chi connectivity index (χ1n) is 14.9. The van der Waals surface area contributed by atoms with Crippen LogP contribution in [-0.2, 0) is 17.7 Å². The van der Waals surface area contributed by atoms with Crippen molar-refractivity contribution in [3.63, 3.8) is 0 Å². The predicted octanol–water partition coefficient (Wildman–Crippen LogP) is 6.47. The highest BCUT2D eigenvalue weighted by molar-refractivity contribution is 5.94. The third kappa shape index (κ3) is 4.17. The van der Waals surface area contributed by atoms with Gasteiger partial charge in [-0.1, -0.05) is 32.0 Å². The highest BCUT2D eigenvalue weighted by Crippen LogP contribution is 2.44. The van der Waals surface area contributed by atoms with Crippen LogP contribution in [-0.4, -0.2) is 52.0 Å². The summed E-state index contributed by atoms with van der Waals surface area (Å²) in [6.07, 6.45) is 7.70. The van der Waals surface area contributed by atoms with Crippen molar-refractivity contribution in [2.75, 3.05) is 23.5 Å². The summed E-state index contributed by atoms with van der Waals surface area (Å²) in [6.45, 7) is 10.7. The third-order valence-electron chi connectivity index (χ3n) is 9.60. The number of aromatic nitrogens is 4. The molecule has 208 valence electrons. The van der Waals surface area contributed by atoms with Crippen LogP contribution < -0.4 is 9.80 Å². The van der Waals surface area contributed by atoms with Crippen LogP contribution in [0.15, 0.2) is 36.5 Å². The molecular weight excluding hydrogens is 496 g/mol. The van der Waals surface area contributed by atoms with Gasteiger partial charge >= 0.3 is 0 Å². The molecule has 40 heavy (non-hydrogen) atoms. The van der Waals surface area contributed by atoms with Crippen molar-refractivity contribution in [1.82, 2.24) is 20.2 Å². The topological polar surface area (TPSA) is 70.2 Å². The van der Waals surface area contributed by atoms with E-state index in [0.29, 0.717) is 24.1 Å². The molecule has 1 N–H and O–H groups in total. The van der Waals surface area contributed by atoms with Gasteiger partial charge in [0.1, 0.15) is 5.82 Å². The van der Waals surface area contributed by atoms with E-state index in [2.05, 4.69) is 78.0 Å². The Morgan fingerprint density at radius 2 is 1.77 bits per heavy atom. The molecule has 4 aromatic rings. The molecule has 0 unspecified atom stereocenters. The smallest absolute Gasteiger partial charge is 0.162 e. The summed E-state index contributed by atoms with van der Waals surface area (Å²) in [5.41, 5.74) is 9.85. The molecule has 5 heterocycles. The largest absolute Gasteiger partial charge is 0.381 e. The Kier molecular flexibility index (Phi) is 6.30. The number of H-pyrrole nitrogens is 1. The van der Waals surface area contributed by atoms with E-state index in [-0.39, 0.29) is 0 Å². The molecule has 7 nitrogen and oxygen atoms in total. The van der Waals surface area contributed by atoms with Crippen molar-refractivity contribution < 1.29 is 4.74 Å². The molecule has 7 heteroatoms. The zero-order valence-corrected chi connectivity index (χ0v) is 24.4. The second-order valence-corrected chi connectivity index (χ2v) is 12.4. The third-order valence-corrected chi connectivity index (χ3v) is 9.60. The van der Waals surface area contributed by atoms with Crippen LogP contribution in [0.3, 0.4) is 0 Å². The van der Waals surface area contributed by atoms with Gasteiger partial charge < -0.3 is 14.5 Å². The Balaban J connectivity index is 1.37. The maximum atomic E-state index is 5.86. The van der Waals surface area contributed by atoms with E-state index in [1.165, 1.54) is 46.5 Å². The van der Waals surface area contributed by atoms with Crippen molar-refractivity contribution in [3.8, 4) is 11.4 Å². The van der Waals surface area contributed by atoms with Gasteiger partial charge in [0.2, 0.25) is 0 Å². The molecule has 2 fully saturated rings. The van der Waals surface area contributed by atoms with Gasteiger partial charge in [-0.05, 0) is 74.3 Å². The van der Waals surface area contributed by atoms with Gasteiger partial charge in [-0.3, -0.25) is 5.10 Å². The average Bonchev–Trinajstić information content (AvgIpc) is 3.53. The van der Waals surface area contributed by atoms with Gasteiger partial charge in [-0.25, -0.2) is 9.97 Å². The maximum Gasteiger partial charge on any atom is 0.162 e. The first-order chi connectivity index (χ1) is 19.4. The Morgan fingerprint density at radius 3 is 2.52 bits per heavy atom. The van der Waals surface area contributed by atoms with Gasteiger partial charge in [0.15, 0.2) is 5.82 Å². The fourth-order valence-electron chi connectivity index (χ4n) is 7.34. The molecule has 0 aliphatic carbocycles. The van der Waals surface area contributed by atoms with Crippen molar-refractivity contribution >= 4 is 22.4 Å². The Bertz CT molecular complexity index is 1560. The predicted molar refractivity (Wildman–Crippen MR) is 161 cm³/mol. The first kappa shape index (κ1) is 25.5. The minimum absolute atomic E-state index is 0.339. The molecule has 0 radical (unpaired) electrons. The molecule has 3 atom stereocenters. The van der Waals surface area contributed by atoms with Gasteiger partial charge in [0.05, 0.1) is 23.5 Å². The quantitative estimate of drug-likeness (QED) is 0.315. The summed E-state index contributed by atoms with van der Waals surface area (Å²) in [4.78, 5) is 16.0. The highest BCUT2D eigenvalue weighted by Gasteiger charge is 2.43. The van der Waals surface area contributed by atoms with Gasteiger partial charge in [-0.15, -0.1) is 0 Å². The molecule has 2 aromatic heterocycles. The number of hydrogen-bond acceptors (Lipinski definition) is 6. The van der Waals surface area contributed by atoms with E-state index in [4.69, 9.17) is 14.7 Å². The number of piperidine rings is 1. The molecule has 2 saturated heterocycles. The number of methoxy groups -OCH3 is 1. The summed E-state index contributed by atoms with van der Waals surface area (Å²) in [7, 11) is 1.87. The first-order valence-corrected chi connectivity index (χ1v) is 14.9. The molecule has 7 rings (SSSR count). The highest BCUT2D eigenvalue weighted by atomic mass is 16.5. The lowest BCUT2D eigenvalue weighted by molar-refractivity contribution is 0.0681. The lowest BCUT2D eigenvalue weighted by Gasteiger charge is -2.42. The van der Waals surface area contributed by atoms with Gasteiger partial charge in [-0.2, -0.15) is 5.10 Å².